The minimum atomic E-state index is 0.754. The van der Waals surface area contributed by atoms with Gasteiger partial charge in [0.25, 0.3) is 0 Å². The summed E-state index contributed by atoms with van der Waals surface area (Å²) in [6, 6.07) is 1.80. The number of fused-ring (bicyclic) bond motifs is 1. The van der Waals surface area contributed by atoms with Crippen LogP contribution in [0.5, 0.6) is 5.75 Å². The predicted octanol–water partition coefficient (Wildman–Crippen LogP) is 0.966. The Morgan fingerprint density at radius 2 is 2.45 bits per heavy atom. The highest BCUT2D eigenvalue weighted by atomic mass is 16.5. The van der Waals surface area contributed by atoms with Gasteiger partial charge in [0.2, 0.25) is 0 Å². The van der Waals surface area contributed by atoms with Crippen molar-refractivity contribution >= 4 is 11.0 Å². The maximum atomic E-state index is 5.09. The normalized spacial score (nSPS) is 10.3. The molecule has 0 saturated carbocycles. The van der Waals surface area contributed by atoms with E-state index in [0.717, 1.165) is 16.8 Å². The van der Waals surface area contributed by atoms with Crippen molar-refractivity contribution in [1.29, 1.82) is 0 Å². The van der Waals surface area contributed by atoms with Gasteiger partial charge in [-0.15, -0.1) is 0 Å². The average molecular weight is 149 g/mol. The summed E-state index contributed by atoms with van der Waals surface area (Å²) in [5.41, 5.74) is 0.754. The molecule has 4 heteroatoms. The monoisotopic (exact) mass is 149 g/mol. The molecule has 0 aliphatic heterocycles. The first-order valence-corrected chi connectivity index (χ1v) is 3.24. The molecule has 0 aromatic carbocycles. The Morgan fingerprint density at radius 3 is 3.27 bits per heavy atom. The highest BCUT2D eigenvalue weighted by Crippen LogP contribution is 2.20. The topological polar surface area (TPSA) is 50.8 Å². The van der Waals surface area contributed by atoms with E-state index in [1.807, 2.05) is 0 Å². The number of hydrogen-bond donors (Lipinski definition) is 1. The van der Waals surface area contributed by atoms with Crippen LogP contribution in [0, 0.1) is 0 Å². The molecule has 2 aromatic rings. The Morgan fingerprint density at radius 1 is 1.55 bits per heavy atom. The largest absolute Gasteiger partial charge is 0.496 e. The van der Waals surface area contributed by atoms with Gasteiger partial charge in [-0.25, -0.2) is 4.98 Å². The number of nitrogens with zero attached hydrogens (tertiary/aromatic N) is 2. The Balaban J connectivity index is 2.79. The summed E-state index contributed by atoms with van der Waals surface area (Å²) in [7, 11) is 1.63. The molecule has 0 saturated heterocycles. The molecule has 0 amide bonds. The first-order valence-electron chi connectivity index (χ1n) is 3.24. The number of methoxy groups -OCH3 is 1. The molecule has 0 fully saturated rings. The standard InChI is InChI=1S/C7H7N3O/c1-11-6-2-3-8-7-5(6)4-9-10-7/h2-4H,1H3,(H,8,9,10). The molecule has 0 aliphatic carbocycles. The molecule has 2 aromatic heterocycles. The molecule has 1 N–H and O–H groups in total. The zero-order valence-electron chi connectivity index (χ0n) is 6.03. The minimum absolute atomic E-state index is 0.754. The van der Waals surface area contributed by atoms with Crippen LogP contribution in [-0.4, -0.2) is 22.3 Å². The number of nitrogens with one attached hydrogen (secondary N) is 1. The Labute approximate surface area is 63.2 Å². The van der Waals surface area contributed by atoms with Crippen LogP contribution in [-0.2, 0) is 0 Å². The second kappa shape index (κ2) is 2.23. The third-order valence-corrected chi connectivity index (χ3v) is 1.53. The van der Waals surface area contributed by atoms with Gasteiger partial charge in [0.05, 0.1) is 18.7 Å². The molecule has 0 aliphatic rings. The van der Waals surface area contributed by atoms with Crippen molar-refractivity contribution in [3.05, 3.63) is 18.5 Å². The lowest BCUT2D eigenvalue weighted by Gasteiger charge is -1.97. The van der Waals surface area contributed by atoms with Crippen molar-refractivity contribution in [2.45, 2.75) is 0 Å². The Kier molecular flexibility index (Phi) is 1.25. The second-order valence-electron chi connectivity index (χ2n) is 2.15. The lowest BCUT2D eigenvalue weighted by molar-refractivity contribution is 0.419. The molecule has 0 spiro atoms. The summed E-state index contributed by atoms with van der Waals surface area (Å²) < 4.78 is 5.09. The van der Waals surface area contributed by atoms with Crippen LogP contribution in [0.1, 0.15) is 0 Å². The van der Waals surface area contributed by atoms with Crippen LogP contribution in [0.25, 0.3) is 11.0 Å². The number of aromatic amines is 1. The molecule has 0 radical (unpaired) electrons. The molecule has 11 heavy (non-hydrogen) atoms. The van der Waals surface area contributed by atoms with E-state index in [1.54, 1.807) is 25.6 Å². The van der Waals surface area contributed by atoms with Crippen LogP contribution < -0.4 is 4.74 Å². The van der Waals surface area contributed by atoms with E-state index in [4.69, 9.17) is 4.74 Å². The molecule has 0 atom stereocenters. The van der Waals surface area contributed by atoms with Crippen molar-refractivity contribution in [2.24, 2.45) is 0 Å². The van der Waals surface area contributed by atoms with Gasteiger partial charge in [-0.1, -0.05) is 0 Å². The van der Waals surface area contributed by atoms with Crippen molar-refractivity contribution in [3.8, 4) is 5.75 Å². The fourth-order valence-corrected chi connectivity index (χ4v) is 1.01. The summed E-state index contributed by atoms with van der Waals surface area (Å²) in [6.45, 7) is 0. The maximum absolute atomic E-state index is 5.09. The summed E-state index contributed by atoms with van der Waals surface area (Å²) in [6.07, 6.45) is 3.38. The zero-order chi connectivity index (χ0) is 7.68. The summed E-state index contributed by atoms with van der Waals surface area (Å²) >= 11 is 0. The quantitative estimate of drug-likeness (QED) is 0.657. The van der Waals surface area contributed by atoms with E-state index in [9.17, 15) is 0 Å². The number of ether oxygens (including phenoxy) is 1. The third kappa shape index (κ3) is 0.832. The maximum Gasteiger partial charge on any atom is 0.158 e. The van der Waals surface area contributed by atoms with E-state index < -0.39 is 0 Å². The minimum Gasteiger partial charge on any atom is -0.496 e. The molecule has 0 bridgehead atoms. The molecule has 56 valence electrons. The summed E-state index contributed by atoms with van der Waals surface area (Å²) in [5, 5.41) is 7.51. The summed E-state index contributed by atoms with van der Waals surface area (Å²) in [5.74, 6) is 0.795. The van der Waals surface area contributed by atoms with Gasteiger partial charge < -0.3 is 4.74 Å². The molecule has 2 heterocycles. The van der Waals surface area contributed by atoms with Crippen molar-refractivity contribution in [1.82, 2.24) is 15.2 Å². The van der Waals surface area contributed by atoms with Crippen LogP contribution in [0.15, 0.2) is 18.5 Å². The van der Waals surface area contributed by atoms with Gasteiger partial charge in [-0.05, 0) is 6.07 Å². The lowest BCUT2D eigenvalue weighted by atomic mass is 10.3. The Bertz CT molecular complexity index is 368. The van der Waals surface area contributed by atoms with Crippen molar-refractivity contribution in [3.63, 3.8) is 0 Å². The predicted molar refractivity (Wildman–Crippen MR) is 40.4 cm³/mol. The fraction of sp³-hybridized carbons (Fsp3) is 0.143. The molecular formula is C7H7N3O. The van der Waals surface area contributed by atoms with Gasteiger partial charge in [0.15, 0.2) is 5.65 Å². The van der Waals surface area contributed by atoms with Gasteiger partial charge in [0.1, 0.15) is 5.75 Å². The van der Waals surface area contributed by atoms with E-state index in [-0.39, 0.29) is 0 Å². The van der Waals surface area contributed by atoms with Crippen LogP contribution in [0.4, 0.5) is 0 Å². The number of aromatic nitrogens is 3. The van der Waals surface area contributed by atoms with Crippen LogP contribution in [0.2, 0.25) is 0 Å². The smallest absolute Gasteiger partial charge is 0.158 e. The molecule has 4 nitrogen and oxygen atoms in total. The van der Waals surface area contributed by atoms with E-state index >= 15 is 0 Å². The average Bonchev–Trinajstić information content (AvgIpc) is 2.50. The number of H-pyrrole nitrogens is 1. The first kappa shape index (κ1) is 6.15. The van der Waals surface area contributed by atoms with Gasteiger partial charge in [0, 0.05) is 6.20 Å². The SMILES string of the molecule is COc1ccnc2[nH]ncc12. The summed E-state index contributed by atoms with van der Waals surface area (Å²) in [4.78, 5) is 4.05. The number of pyridine rings is 1. The lowest BCUT2D eigenvalue weighted by Crippen LogP contribution is -1.84. The van der Waals surface area contributed by atoms with Crippen molar-refractivity contribution in [2.75, 3.05) is 7.11 Å². The number of rotatable bonds is 1. The second-order valence-corrected chi connectivity index (χ2v) is 2.15. The Hall–Kier alpha value is -1.58. The highest BCUT2D eigenvalue weighted by molar-refractivity contribution is 5.80. The molecule has 2 rings (SSSR count). The van der Waals surface area contributed by atoms with E-state index in [0.29, 0.717) is 0 Å². The van der Waals surface area contributed by atoms with Gasteiger partial charge >= 0.3 is 0 Å². The van der Waals surface area contributed by atoms with E-state index in [2.05, 4.69) is 15.2 Å². The van der Waals surface area contributed by atoms with Gasteiger partial charge in [-0.3, -0.25) is 5.10 Å². The molecule has 0 unspecified atom stereocenters. The van der Waals surface area contributed by atoms with E-state index in [1.165, 1.54) is 0 Å². The zero-order valence-corrected chi connectivity index (χ0v) is 6.03. The van der Waals surface area contributed by atoms with Crippen LogP contribution in [0.3, 0.4) is 0 Å². The number of hydrogen-bond acceptors (Lipinski definition) is 3. The molecular weight excluding hydrogens is 142 g/mol. The third-order valence-electron chi connectivity index (χ3n) is 1.53. The highest BCUT2D eigenvalue weighted by Gasteiger charge is 2.01. The first-order chi connectivity index (χ1) is 5.42. The van der Waals surface area contributed by atoms with Crippen molar-refractivity contribution < 1.29 is 4.74 Å². The van der Waals surface area contributed by atoms with Gasteiger partial charge in [-0.2, -0.15) is 5.10 Å². The van der Waals surface area contributed by atoms with Crippen LogP contribution >= 0.6 is 0 Å². The fourth-order valence-electron chi connectivity index (χ4n) is 1.01.